The van der Waals surface area contributed by atoms with Crippen LogP contribution in [-0.4, -0.2) is 19.0 Å². The molecule has 17 heavy (non-hydrogen) atoms. The lowest BCUT2D eigenvalue weighted by Gasteiger charge is -2.22. The van der Waals surface area contributed by atoms with Gasteiger partial charge in [0.1, 0.15) is 5.76 Å². The Morgan fingerprint density at radius 3 is 3.00 bits per heavy atom. The van der Waals surface area contributed by atoms with E-state index >= 15 is 0 Å². The minimum Gasteiger partial charge on any atom is -0.467 e. The molecular weight excluding hydrogens is 216 g/mol. The maximum absolute atomic E-state index is 11.8. The van der Waals surface area contributed by atoms with Crippen molar-refractivity contribution in [2.24, 2.45) is 5.92 Å². The molecule has 1 aliphatic rings. The van der Waals surface area contributed by atoms with Crippen molar-refractivity contribution in [1.29, 1.82) is 0 Å². The molecule has 0 spiro atoms. The predicted octanol–water partition coefficient (Wildman–Crippen LogP) is 1.85. The number of amides is 1. The smallest absolute Gasteiger partial charge is 0.220 e. The molecule has 4 heteroatoms. The Hall–Kier alpha value is -1.29. The van der Waals surface area contributed by atoms with Crippen LogP contribution >= 0.6 is 0 Å². The van der Waals surface area contributed by atoms with Crippen molar-refractivity contribution in [3.05, 3.63) is 24.2 Å². The van der Waals surface area contributed by atoms with E-state index in [1.807, 2.05) is 19.1 Å². The van der Waals surface area contributed by atoms with Gasteiger partial charge in [0.05, 0.1) is 12.3 Å². The van der Waals surface area contributed by atoms with E-state index < -0.39 is 0 Å². The minimum atomic E-state index is -0.0424. The highest BCUT2D eigenvalue weighted by Gasteiger charge is 2.18. The average molecular weight is 236 g/mol. The SMILES string of the molecule is C[C@@H](NC(=O)CC1CCNCC1)c1ccco1. The number of hydrogen-bond donors (Lipinski definition) is 2. The van der Waals surface area contributed by atoms with Crippen molar-refractivity contribution in [1.82, 2.24) is 10.6 Å². The van der Waals surface area contributed by atoms with Crippen LogP contribution in [-0.2, 0) is 4.79 Å². The molecular formula is C13H20N2O2. The molecule has 0 radical (unpaired) electrons. The molecule has 2 rings (SSSR count). The Bertz CT molecular complexity index is 342. The van der Waals surface area contributed by atoms with Gasteiger partial charge in [-0.05, 0) is 50.9 Å². The van der Waals surface area contributed by atoms with E-state index in [2.05, 4.69) is 10.6 Å². The van der Waals surface area contributed by atoms with Crippen LogP contribution in [0.1, 0.15) is 38.0 Å². The van der Waals surface area contributed by atoms with Gasteiger partial charge in [-0.1, -0.05) is 0 Å². The highest BCUT2D eigenvalue weighted by atomic mass is 16.3. The van der Waals surface area contributed by atoms with E-state index in [0.29, 0.717) is 12.3 Å². The number of furan rings is 1. The Kier molecular flexibility index (Phi) is 4.20. The fraction of sp³-hybridized carbons (Fsp3) is 0.615. The van der Waals surface area contributed by atoms with Crippen LogP contribution < -0.4 is 10.6 Å². The molecule has 0 unspecified atom stereocenters. The molecule has 1 aromatic heterocycles. The lowest BCUT2D eigenvalue weighted by Crippen LogP contribution is -2.33. The van der Waals surface area contributed by atoms with E-state index in [-0.39, 0.29) is 11.9 Å². The first-order valence-electron chi connectivity index (χ1n) is 6.29. The first-order valence-corrected chi connectivity index (χ1v) is 6.29. The fourth-order valence-corrected chi connectivity index (χ4v) is 2.26. The largest absolute Gasteiger partial charge is 0.467 e. The summed E-state index contributed by atoms with van der Waals surface area (Å²) in [5, 5.41) is 6.28. The summed E-state index contributed by atoms with van der Waals surface area (Å²) in [4.78, 5) is 11.8. The Balaban J connectivity index is 1.76. The molecule has 1 amide bonds. The second-order valence-electron chi connectivity index (χ2n) is 4.70. The lowest BCUT2D eigenvalue weighted by atomic mass is 9.94. The van der Waals surface area contributed by atoms with Gasteiger partial charge in [0.2, 0.25) is 5.91 Å². The summed E-state index contributed by atoms with van der Waals surface area (Å²) < 4.78 is 5.26. The highest BCUT2D eigenvalue weighted by molar-refractivity contribution is 5.76. The van der Waals surface area contributed by atoms with Crippen molar-refractivity contribution in [2.45, 2.75) is 32.2 Å². The summed E-state index contributed by atoms with van der Waals surface area (Å²) in [7, 11) is 0. The maximum atomic E-state index is 11.8. The van der Waals surface area contributed by atoms with Crippen LogP contribution in [0.3, 0.4) is 0 Å². The summed E-state index contributed by atoms with van der Waals surface area (Å²) in [6, 6.07) is 3.68. The fourth-order valence-electron chi connectivity index (χ4n) is 2.26. The van der Waals surface area contributed by atoms with Crippen molar-refractivity contribution >= 4 is 5.91 Å². The average Bonchev–Trinajstić information content (AvgIpc) is 2.83. The Morgan fingerprint density at radius 1 is 1.59 bits per heavy atom. The minimum absolute atomic E-state index is 0.0424. The summed E-state index contributed by atoms with van der Waals surface area (Å²) >= 11 is 0. The van der Waals surface area contributed by atoms with Gasteiger partial charge in [0, 0.05) is 6.42 Å². The zero-order valence-electron chi connectivity index (χ0n) is 10.2. The zero-order valence-corrected chi connectivity index (χ0v) is 10.2. The Morgan fingerprint density at radius 2 is 2.35 bits per heavy atom. The van der Waals surface area contributed by atoms with Gasteiger partial charge >= 0.3 is 0 Å². The molecule has 0 aliphatic carbocycles. The van der Waals surface area contributed by atoms with Crippen LogP contribution in [0.4, 0.5) is 0 Å². The van der Waals surface area contributed by atoms with E-state index in [1.54, 1.807) is 6.26 Å². The molecule has 94 valence electrons. The van der Waals surface area contributed by atoms with Crippen molar-refractivity contribution < 1.29 is 9.21 Å². The zero-order chi connectivity index (χ0) is 12.1. The summed E-state index contributed by atoms with van der Waals surface area (Å²) in [5.41, 5.74) is 0. The molecule has 1 aliphatic heterocycles. The molecule has 0 saturated carbocycles. The third kappa shape index (κ3) is 3.60. The molecule has 4 nitrogen and oxygen atoms in total. The molecule has 1 atom stereocenters. The lowest BCUT2D eigenvalue weighted by molar-refractivity contribution is -0.122. The molecule has 1 aromatic rings. The highest BCUT2D eigenvalue weighted by Crippen LogP contribution is 2.17. The second kappa shape index (κ2) is 5.87. The number of carbonyl (C=O) groups excluding carboxylic acids is 1. The van der Waals surface area contributed by atoms with E-state index in [0.717, 1.165) is 31.7 Å². The molecule has 2 N–H and O–H groups in total. The van der Waals surface area contributed by atoms with Crippen LogP contribution in [0.2, 0.25) is 0 Å². The molecule has 0 bridgehead atoms. The van der Waals surface area contributed by atoms with Crippen LogP contribution in [0.5, 0.6) is 0 Å². The van der Waals surface area contributed by atoms with Gasteiger partial charge in [-0.3, -0.25) is 4.79 Å². The first kappa shape index (κ1) is 12.2. The molecule has 1 fully saturated rings. The molecule has 2 heterocycles. The van der Waals surface area contributed by atoms with E-state index in [4.69, 9.17) is 4.42 Å². The van der Waals surface area contributed by atoms with Crippen LogP contribution in [0.15, 0.2) is 22.8 Å². The van der Waals surface area contributed by atoms with Crippen LogP contribution in [0, 0.1) is 5.92 Å². The number of piperidine rings is 1. The molecule has 0 aromatic carbocycles. The topological polar surface area (TPSA) is 54.3 Å². The van der Waals surface area contributed by atoms with Gasteiger partial charge in [-0.15, -0.1) is 0 Å². The number of rotatable bonds is 4. The van der Waals surface area contributed by atoms with Crippen molar-refractivity contribution in [3.63, 3.8) is 0 Å². The summed E-state index contributed by atoms with van der Waals surface area (Å²) in [6.07, 6.45) is 4.46. The predicted molar refractivity (Wildman–Crippen MR) is 65.5 cm³/mol. The second-order valence-corrected chi connectivity index (χ2v) is 4.70. The number of carbonyl (C=O) groups is 1. The molecule has 1 saturated heterocycles. The normalized spacial score (nSPS) is 18.9. The summed E-state index contributed by atoms with van der Waals surface area (Å²) in [5.74, 6) is 1.46. The van der Waals surface area contributed by atoms with E-state index in [1.165, 1.54) is 0 Å². The van der Waals surface area contributed by atoms with E-state index in [9.17, 15) is 4.79 Å². The maximum Gasteiger partial charge on any atom is 0.220 e. The number of nitrogens with one attached hydrogen (secondary N) is 2. The summed E-state index contributed by atoms with van der Waals surface area (Å²) in [6.45, 7) is 4.01. The van der Waals surface area contributed by atoms with Crippen molar-refractivity contribution in [3.8, 4) is 0 Å². The first-order chi connectivity index (χ1) is 8.25. The Labute approximate surface area is 102 Å². The third-order valence-electron chi connectivity index (χ3n) is 3.28. The van der Waals surface area contributed by atoms with Crippen LogP contribution in [0.25, 0.3) is 0 Å². The standard InChI is InChI=1S/C13H20N2O2/c1-10(12-3-2-8-17-12)15-13(16)9-11-4-6-14-7-5-11/h2-3,8,10-11,14H,4-7,9H2,1H3,(H,15,16)/t10-/m1/s1. The van der Waals surface area contributed by atoms with Gasteiger partial charge in [0.25, 0.3) is 0 Å². The van der Waals surface area contributed by atoms with Gasteiger partial charge < -0.3 is 15.1 Å². The van der Waals surface area contributed by atoms with Gasteiger partial charge in [-0.25, -0.2) is 0 Å². The van der Waals surface area contributed by atoms with Gasteiger partial charge in [0.15, 0.2) is 0 Å². The van der Waals surface area contributed by atoms with Gasteiger partial charge in [-0.2, -0.15) is 0 Å². The van der Waals surface area contributed by atoms with Crippen molar-refractivity contribution in [2.75, 3.05) is 13.1 Å². The monoisotopic (exact) mass is 236 g/mol. The quantitative estimate of drug-likeness (QED) is 0.838. The number of hydrogen-bond acceptors (Lipinski definition) is 3. The third-order valence-corrected chi connectivity index (χ3v) is 3.28.